The lowest BCUT2D eigenvalue weighted by molar-refractivity contribution is 0.602. The Morgan fingerprint density at radius 3 is 2.90 bits per heavy atom. The van der Waals surface area contributed by atoms with Crippen molar-refractivity contribution < 1.29 is 8.42 Å². The Labute approximate surface area is 125 Å². The number of hydrogen-bond acceptors (Lipinski definition) is 6. The maximum atomic E-state index is 12.5. The van der Waals surface area contributed by atoms with E-state index in [-0.39, 0.29) is 10.0 Å². The summed E-state index contributed by atoms with van der Waals surface area (Å²) in [5.41, 5.74) is 6.93. The molecule has 1 aromatic carbocycles. The Hall–Kier alpha value is -2.13. The highest BCUT2D eigenvalue weighted by molar-refractivity contribution is 7.93. The Bertz CT molecular complexity index is 897. The number of nitrogen functional groups attached to an aromatic ring is 1. The summed E-state index contributed by atoms with van der Waals surface area (Å²) in [4.78, 5) is 3.05. The molecule has 0 spiro atoms. The summed E-state index contributed by atoms with van der Waals surface area (Å²) in [5.74, 6) is 0. The van der Waals surface area contributed by atoms with Crippen LogP contribution >= 0.6 is 11.3 Å². The highest BCUT2D eigenvalue weighted by atomic mass is 32.2. The fraction of sp³-hybridized carbons (Fsp3) is 0.167. The van der Waals surface area contributed by atoms with Crippen LogP contribution in [-0.4, -0.2) is 23.6 Å². The van der Waals surface area contributed by atoms with Crippen LogP contribution in [0.15, 0.2) is 29.3 Å². The third-order valence-electron chi connectivity index (χ3n) is 2.95. The Morgan fingerprint density at radius 2 is 2.19 bits per heavy atom. The van der Waals surface area contributed by atoms with E-state index in [1.54, 1.807) is 18.2 Å². The second kappa shape index (κ2) is 5.01. The third kappa shape index (κ3) is 2.57. The summed E-state index contributed by atoms with van der Waals surface area (Å²) < 4.78 is 27.3. The van der Waals surface area contributed by atoms with E-state index in [0.29, 0.717) is 23.0 Å². The topological polar surface area (TPSA) is 114 Å². The summed E-state index contributed by atoms with van der Waals surface area (Å²) in [5, 5.41) is 9.29. The number of anilines is 2. The van der Waals surface area contributed by atoms with E-state index >= 15 is 0 Å². The number of nitrogens with one attached hydrogen (secondary N) is 2. The van der Waals surface area contributed by atoms with Crippen molar-refractivity contribution in [3.05, 3.63) is 29.4 Å². The van der Waals surface area contributed by atoms with Crippen molar-refractivity contribution in [2.75, 3.05) is 10.5 Å². The number of sulfonamides is 1. The van der Waals surface area contributed by atoms with Crippen LogP contribution in [0.4, 0.5) is 10.8 Å². The van der Waals surface area contributed by atoms with Gasteiger partial charge in [-0.1, -0.05) is 18.3 Å². The van der Waals surface area contributed by atoms with Gasteiger partial charge in [-0.05, 0) is 24.6 Å². The highest BCUT2D eigenvalue weighted by Gasteiger charge is 2.21. The van der Waals surface area contributed by atoms with Gasteiger partial charge in [-0.2, -0.15) is 0 Å². The molecule has 3 aromatic rings. The van der Waals surface area contributed by atoms with E-state index in [9.17, 15) is 8.42 Å². The van der Waals surface area contributed by atoms with E-state index in [4.69, 9.17) is 5.73 Å². The molecule has 0 amide bonds. The molecule has 0 bridgehead atoms. The fourth-order valence-corrected chi connectivity index (χ4v) is 4.02. The monoisotopic (exact) mass is 323 g/mol. The lowest BCUT2D eigenvalue weighted by atomic mass is 10.2. The number of fused-ring (bicyclic) bond motifs is 1. The minimum Gasteiger partial charge on any atom is -0.399 e. The first kappa shape index (κ1) is 13.8. The van der Waals surface area contributed by atoms with Gasteiger partial charge in [0.1, 0.15) is 9.90 Å². The van der Waals surface area contributed by atoms with E-state index in [0.717, 1.165) is 5.01 Å². The van der Waals surface area contributed by atoms with Crippen LogP contribution in [-0.2, 0) is 16.4 Å². The predicted octanol–water partition coefficient (Wildman–Crippen LogP) is 1.96. The zero-order valence-electron chi connectivity index (χ0n) is 11.1. The lowest BCUT2D eigenvalue weighted by Crippen LogP contribution is -2.12. The van der Waals surface area contributed by atoms with Gasteiger partial charge in [0.05, 0.1) is 0 Å². The van der Waals surface area contributed by atoms with Crippen molar-refractivity contribution in [3.63, 3.8) is 0 Å². The van der Waals surface area contributed by atoms with Crippen LogP contribution in [0.2, 0.25) is 0 Å². The number of benzene rings is 1. The molecule has 0 saturated carbocycles. The number of H-pyrrole nitrogens is 1. The molecule has 0 atom stereocenters. The molecule has 110 valence electrons. The summed E-state index contributed by atoms with van der Waals surface area (Å²) in [6.07, 6.45) is 2.15. The van der Waals surface area contributed by atoms with Gasteiger partial charge in [0.25, 0.3) is 10.0 Å². The molecule has 3 rings (SSSR count). The fourth-order valence-electron chi connectivity index (χ4n) is 1.94. The van der Waals surface area contributed by atoms with Crippen molar-refractivity contribution in [1.29, 1.82) is 0 Å². The van der Waals surface area contributed by atoms with Crippen LogP contribution in [0.3, 0.4) is 0 Å². The van der Waals surface area contributed by atoms with Crippen LogP contribution in [0.25, 0.3) is 10.9 Å². The SMILES string of the molecule is CCc1nnc(NS(=O)(=O)c2c[nH]c3ccc(N)cc23)s1. The van der Waals surface area contributed by atoms with Crippen molar-refractivity contribution in [1.82, 2.24) is 15.2 Å². The number of aromatic amines is 1. The predicted molar refractivity (Wildman–Crippen MR) is 82.8 cm³/mol. The Kier molecular flexibility index (Phi) is 3.30. The number of rotatable bonds is 4. The van der Waals surface area contributed by atoms with Crippen LogP contribution in [0.1, 0.15) is 11.9 Å². The highest BCUT2D eigenvalue weighted by Crippen LogP contribution is 2.27. The molecule has 4 N–H and O–H groups in total. The molecule has 0 radical (unpaired) electrons. The zero-order valence-corrected chi connectivity index (χ0v) is 12.8. The van der Waals surface area contributed by atoms with Crippen molar-refractivity contribution >= 4 is 43.1 Å². The Balaban J connectivity index is 2.01. The summed E-state index contributed by atoms with van der Waals surface area (Å²) in [6, 6.07) is 5.07. The summed E-state index contributed by atoms with van der Waals surface area (Å²) in [6.45, 7) is 1.93. The average molecular weight is 323 g/mol. The summed E-state index contributed by atoms with van der Waals surface area (Å²) >= 11 is 1.22. The molecule has 2 aromatic heterocycles. The molecule has 0 aliphatic heterocycles. The third-order valence-corrected chi connectivity index (χ3v) is 5.44. The minimum atomic E-state index is -3.74. The first-order chi connectivity index (χ1) is 9.99. The molecule has 2 heterocycles. The molecule has 7 nitrogen and oxygen atoms in total. The maximum Gasteiger partial charge on any atom is 0.265 e. The van der Waals surface area contributed by atoms with Crippen LogP contribution in [0.5, 0.6) is 0 Å². The molecule has 21 heavy (non-hydrogen) atoms. The van der Waals surface area contributed by atoms with E-state index < -0.39 is 10.0 Å². The summed E-state index contributed by atoms with van der Waals surface area (Å²) in [7, 11) is -3.74. The average Bonchev–Trinajstić information content (AvgIpc) is 3.04. The molecule has 0 aliphatic rings. The number of hydrogen-bond donors (Lipinski definition) is 3. The van der Waals surface area contributed by atoms with E-state index in [2.05, 4.69) is 19.9 Å². The second-order valence-electron chi connectivity index (χ2n) is 4.42. The van der Waals surface area contributed by atoms with Gasteiger partial charge in [-0.15, -0.1) is 10.2 Å². The first-order valence-electron chi connectivity index (χ1n) is 6.21. The molecule has 0 aliphatic carbocycles. The zero-order chi connectivity index (χ0) is 15.0. The van der Waals surface area contributed by atoms with Crippen molar-refractivity contribution in [3.8, 4) is 0 Å². The molecular formula is C12H13N5O2S2. The van der Waals surface area contributed by atoms with Gasteiger partial charge >= 0.3 is 0 Å². The normalized spacial score (nSPS) is 11.9. The van der Waals surface area contributed by atoms with Gasteiger partial charge in [-0.25, -0.2) is 8.42 Å². The minimum absolute atomic E-state index is 0.137. The number of nitrogens with zero attached hydrogens (tertiary/aromatic N) is 2. The standard InChI is InChI=1S/C12H13N5O2S2/c1-2-11-15-16-12(20-11)17-21(18,19)10-6-14-9-4-3-7(13)5-8(9)10/h3-6,14H,2,13H2,1H3,(H,16,17). The number of aromatic nitrogens is 3. The molecular weight excluding hydrogens is 310 g/mol. The molecule has 9 heteroatoms. The van der Waals surface area contributed by atoms with Crippen LogP contribution in [0, 0.1) is 0 Å². The van der Waals surface area contributed by atoms with Gasteiger partial charge in [0, 0.05) is 22.8 Å². The Morgan fingerprint density at radius 1 is 1.38 bits per heavy atom. The quantitative estimate of drug-likeness (QED) is 0.635. The van der Waals surface area contributed by atoms with E-state index in [1.165, 1.54) is 17.5 Å². The maximum absolute atomic E-state index is 12.5. The van der Waals surface area contributed by atoms with Gasteiger partial charge in [0.2, 0.25) is 5.13 Å². The second-order valence-corrected chi connectivity index (χ2v) is 7.13. The molecule has 0 saturated heterocycles. The van der Waals surface area contributed by atoms with Crippen molar-refractivity contribution in [2.45, 2.75) is 18.2 Å². The molecule has 0 fully saturated rings. The van der Waals surface area contributed by atoms with Crippen molar-refractivity contribution in [2.24, 2.45) is 0 Å². The smallest absolute Gasteiger partial charge is 0.265 e. The lowest BCUT2D eigenvalue weighted by Gasteiger charge is -2.03. The van der Waals surface area contributed by atoms with Crippen LogP contribution < -0.4 is 10.5 Å². The number of aryl methyl sites for hydroxylation is 1. The van der Waals surface area contributed by atoms with Gasteiger partial charge < -0.3 is 10.7 Å². The van der Waals surface area contributed by atoms with Gasteiger partial charge in [0.15, 0.2) is 0 Å². The molecule has 0 unspecified atom stereocenters. The van der Waals surface area contributed by atoms with Gasteiger partial charge in [-0.3, -0.25) is 4.72 Å². The largest absolute Gasteiger partial charge is 0.399 e. The van der Waals surface area contributed by atoms with E-state index in [1.807, 2.05) is 6.92 Å². The first-order valence-corrected chi connectivity index (χ1v) is 8.51. The number of nitrogens with two attached hydrogens (primary N) is 1.